The van der Waals surface area contributed by atoms with Crippen LogP contribution in [0.25, 0.3) is 27.9 Å². The first-order chi connectivity index (χ1) is 18.6. The van der Waals surface area contributed by atoms with E-state index in [0.717, 1.165) is 16.9 Å². The Labute approximate surface area is 226 Å². The largest absolute Gasteiger partial charge is 0.464 e. The predicted octanol–water partition coefficient (Wildman–Crippen LogP) is 7.05. The number of H-pyrrole nitrogens is 2. The Morgan fingerprint density at radius 3 is 2.37 bits per heavy atom. The van der Waals surface area contributed by atoms with Gasteiger partial charge < -0.3 is 14.1 Å². The van der Waals surface area contributed by atoms with E-state index in [0.29, 0.717) is 48.8 Å². The standard InChI is InChI=1S/C29H18N4O3S2/c34-25-18-13-7-8-14-20(18)35-15-19(25)21-22-24(16-9-3-1-4-10-16)31-32-27(22)36-26-23(21)28(37)33(29(38)30-26)17-11-5-2-6-12-17/h1-15,21H,(H,30,38)(H,31,32). The highest BCUT2D eigenvalue weighted by atomic mass is 32.1. The lowest BCUT2D eigenvalue weighted by Gasteiger charge is -2.27. The van der Waals surface area contributed by atoms with Crippen molar-refractivity contribution in [1.29, 1.82) is 0 Å². The fourth-order valence-electron chi connectivity index (χ4n) is 5.03. The monoisotopic (exact) mass is 534 g/mol. The van der Waals surface area contributed by atoms with E-state index in [2.05, 4.69) is 15.2 Å². The number of aromatic nitrogens is 4. The molecule has 3 aromatic heterocycles. The van der Waals surface area contributed by atoms with Gasteiger partial charge in [0.2, 0.25) is 11.8 Å². The van der Waals surface area contributed by atoms with Crippen LogP contribution in [-0.4, -0.2) is 19.7 Å². The molecule has 0 aliphatic carbocycles. The molecule has 1 unspecified atom stereocenters. The molecule has 0 fully saturated rings. The van der Waals surface area contributed by atoms with E-state index in [1.165, 1.54) is 6.26 Å². The molecule has 7 rings (SSSR count). The Bertz CT molecular complexity index is 2030. The zero-order valence-corrected chi connectivity index (χ0v) is 21.3. The van der Waals surface area contributed by atoms with E-state index in [9.17, 15) is 4.79 Å². The summed E-state index contributed by atoms with van der Waals surface area (Å²) in [6.07, 6.45) is 1.51. The fraction of sp³-hybridized carbons (Fsp3) is 0.0345. The molecule has 2 N–H and O–H groups in total. The minimum atomic E-state index is -0.641. The number of nitrogens with zero attached hydrogens (tertiary/aromatic N) is 2. The Morgan fingerprint density at radius 1 is 0.868 bits per heavy atom. The number of hydrogen-bond acceptors (Lipinski definition) is 6. The van der Waals surface area contributed by atoms with Crippen molar-refractivity contribution in [3.8, 4) is 28.7 Å². The van der Waals surface area contributed by atoms with Crippen LogP contribution < -0.4 is 10.2 Å². The van der Waals surface area contributed by atoms with E-state index in [-0.39, 0.29) is 5.43 Å². The van der Waals surface area contributed by atoms with Gasteiger partial charge in [0.1, 0.15) is 10.2 Å². The van der Waals surface area contributed by atoms with Gasteiger partial charge in [0, 0.05) is 11.3 Å². The SMILES string of the molecule is O=c1c(C2c3c(n[nH]c3-c3ccccc3)Oc3[nH]c(=S)n(-c4ccccc4)c(=S)c32)coc2ccccc12. The maximum Gasteiger partial charge on any atom is 0.244 e. The predicted molar refractivity (Wildman–Crippen MR) is 149 cm³/mol. The second-order valence-electron chi connectivity index (χ2n) is 8.88. The zero-order valence-electron chi connectivity index (χ0n) is 19.7. The third kappa shape index (κ3) is 3.40. The molecule has 0 saturated heterocycles. The summed E-state index contributed by atoms with van der Waals surface area (Å²) in [4.78, 5) is 17.1. The molecule has 6 aromatic rings. The van der Waals surface area contributed by atoms with Crippen molar-refractivity contribution in [3.05, 3.63) is 128 Å². The van der Waals surface area contributed by atoms with Crippen LogP contribution in [-0.2, 0) is 0 Å². The lowest BCUT2D eigenvalue weighted by atomic mass is 9.84. The number of fused-ring (bicyclic) bond motifs is 3. The normalized spacial score (nSPS) is 14.1. The topological polar surface area (TPSA) is 88.8 Å². The molecule has 184 valence electrons. The highest BCUT2D eigenvalue weighted by Gasteiger charge is 2.38. The first kappa shape index (κ1) is 22.6. The summed E-state index contributed by atoms with van der Waals surface area (Å²) in [5.41, 5.74) is 4.50. The van der Waals surface area contributed by atoms with Gasteiger partial charge in [-0.25, -0.2) is 0 Å². The van der Waals surface area contributed by atoms with Crippen molar-refractivity contribution in [1.82, 2.24) is 19.7 Å². The number of aromatic amines is 2. The van der Waals surface area contributed by atoms with Crippen LogP contribution in [0.3, 0.4) is 0 Å². The number of hydrogen-bond donors (Lipinski definition) is 2. The maximum atomic E-state index is 13.9. The highest BCUT2D eigenvalue weighted by Crippen LogP contribution is 2.49. The first-order valence-corrected chi connectivity index (χ1v) is 12.7. The number of rotatable bonds is 3. The minimum Gasteiger partial charge on any atom is -0.464 e. The molecule has 0 amide bonds. The second kappa shape index (κ2) is 8.76. The van der Waals surface area contributed by atoms with Crippen molar-refractivity contribution in [2.24, 2.45) is 0 Å². The Kier molecular flexibility index (Phi) is 5.20. The first-order valence-electron chi connectivity index (χ1n) is 11.9. The van der Waals surface area contributed by atoms with Gasteiger partial charge in [0.15, 0.2) is 10.2 Å². The number of benzene rings is 3. The minimum absolute atomic E-state index is 0.154. The van der Waals surface area contributed by atoms with Crippen LogP contribution >= 0.6 is 24.4 Å². The van der Waals surface area contributed by atoms with Crippen LogP contribution in [0.1, 0.15) is 22.6 Å². The summed E-state index contributed by atoms with van der Waals surface area (Å²) in [6, 6.07) is 26.6. The van der Waals surface area contributed by atoms with E-state index < -0.39 is 5.92 Å². The summed E-state index contributed by atoms with van der Waals surface area (Å²) in [7, 11) is 0. The summed E-state index contributed by atoms with van der Waals surface area (Å²) >= 11 is 11.7. The van der Waals surface area contributed by atoms with Gasteiger partial charge in [-0.05, 0) is 42.0 Å². The average molecular weight is 535 g/mol. The lowest BCUT2D eigenvalue weighted by molar-refractivity contribution is 0.411. The molecular formula is C29H18N4O3S2. The van der Waals surface area contributed by atoms with Gasteiger partial charge in [-0.2, -0.15) is 0 Å². The molecule has 0 saturated carbocycles. The van der Waals surface area contributed by atoms with Gasteiger partial charge in [0.25, 0.3) is 0 Å². The third-order valence-electron chi connectivity index (χ3n) is 6.74. The van der Waals surface area contributed by atoms with Crippen molar-refractivity contribution >= 4 is 35.4 Å². The average Bonchev–Trinajstić information content (AvgIpc) is 3.37. The molecular weight excluding hydrogens is 516 g/mol. The maximum absolute atomic E-state index is 13.9. The Balaban J connectivity index is 1.58. The van der Waals surface area contributed by atoms with Crippen LogP contribution in [0.2, 0.25) is 0 Å². The Morgan fingerprint density at radius 2 is 1.58 bits per heavy atom. The zero-order chi connectivity index (χ0) is 25.8. The molecule has 7 nitrogen and oxygen atoms in total. The quantitative estimate of drug-likeness (QED) is 0.236. The number of ether oxygens (including phenoxy) is 1. The van der Waals surface area contributed by atoms with Crippen molar-refractivity contribution in [3.63, 3.8) is 0 Å². The van der Waals surface area contributed by atoms with E-state index in [1.807, 2.05) is 72.8 Å². The molecule has 9 heteroatoms. The van der Waals surface area contributed by atoms with E-state index in [4.69, 9.17) is 33.6 Å². The second-order valence-corrected chi connectivity index (χ2v) is 9.66. The molecule has 3 aromatic carbocycles. The number of para-hydroxylation sites is 2. The Hall–Kier alpha value is -4.60. The summed E-state index contributed by atoms with van der Waals surface area (Å²) in [6.45, 7) is 0. The molecule has 0 spiro atoms. The molecule has 38 heavy (non-hydrogen) atoms. The van der Waals surface area contributed by atoms with E-state index in [1.54, 1.807) is 16.7 Å². The molecule has 0 bridgehead atoms. The fourth-order valence-corrected chi connectivity index (χ4v) is 5.78. The van der Waals surface area contributed by atoms with Crippen molar-refractivity contribution < 1.29 is 9.15 Å². The van der Waals surface area contributed by atoms with Crippen molar-refractivity contribution in [2.45, 2.75) is 5.92 Å². The lowest BCUT2D eigenvalue weighted by Crippen LogP contribution is -2.22. The molecule has 1 aliphatic rings. The summed E-state index contributed by atoms with van der Waals surface area (Å²) < 4.78 is 14.8. The number of nitrogens with one attached hydrogen (secondary N) is 2. The van der Waals surface area contributed by atoms with E-state index >= 15 is 0 Å². The van der Waals surface area contributed by atoms with Gasteiger partial charge in [-0.1, -0.05) is 72.9 Å². The molecule has 4 heterocycles. The van der Waals surface area contributed by atoms with Gasteiger partial charge in [-0.3, -0.25) is 14.5 Å². The molecule has 0 radical (unpaired) electrons. The molecule has 1 aliphatic heterocycles. The van der Waals surface area contributed by atoms with Crippen LogP contribution in [0, 0.1) is 9.41 Å². The van der Waals surface area contributed by atoms with Crippen molar-refractivity contribution in [2.75, 3.05) is 0 Å². The van der Waals surface area contributed by atoms with Crippen LogP contribution in [0.15, 0.2) is 100 Å². The van der Waals surface area contributed by atoms with Gasteiger partial charge in [0.05, 0.1) is 34.4 Å². The summed E-state index contributed by atoms with van der Waals surface area (Å²) in [5, 5.41) is 8.06. The van der Waals surface area contributed by atoms with Gasteiger partial charge in [-0.15, -0.1) is 5.10 Å². The smallest absolute Gasteiger partial charge is 0.244 e. The highest BCUT2D eigenvalue weighted by molar-refractivity contribution is 7.72. The summed E-state index contributed by atoms with van der Waals surface area (Å²) in [5.74, 6) is 0.0487. The van der Waals surface area contributed by atoms with Gasteiger partial charge >= 0.3 is 0 Å². The molecule has 1 atom stereocenters. The van der Waals surface area contributed by atoms with Crippen LogP contribution in [0.4, 0.5) is 0 Å². The van der Waals surface area contributed by atoms with Crippen LogP contribution in [0.5, 0.6) is 11.8 Å². The third-order valence-corrected chi connectivity index (χ3v) is 7.43.